The molecule has 0 radical (unpaired) electrons. The van der Waals surface area contributed by atoms with Crippen LogP contribution < -0.4 is 10.3 Å². The van der Waals surface area contributed by atoms with Crippen molar-refractivity contribution in [3.05, 3.63) is 52.0 Å². The highest BCUT2D eigenvalue weighted by atomic mass is 16.6. The van der Waals surface area contributed by atoms with E-state index in [9.17, 15) is 4.79 Å². The Labute approximate surface area is 97.9 Å². The molecule has 0 saturated carbocycles. The zero-order valence-corrected chi connectivity index (χ0v) is 9.18. The second kappa shape index (κ2) is 4.05. The molecule has 1 heterocycles. The smallest absolute Gasteiger partial charge is 0.402 e. The van der Waals surface area contributed by atoms with Crippen LogP contribution >= 0.6 is 0 Å². The van der Waals surface area contributed by atoms with Crippen molar-refractivity contribution in [1.82, 2.24) is 4.98 Å². The summed E-state index contributed by atoms with van der Waals surface area (Å²) in [6, 6.07) is 9.16. The zero-order valence-electron chi connectivity index (χ0n) is 9.18. The van der Waals surface area contributed by atoms with Crippen molar-refractivity contribution in [1.29, 1.82) is 0 Å². The number of benzene rings is 1. The fourth-order valence-corrected chi connectivity index (χ4v) is 1.97. The molecular weight excluding hydrogens is 218 g/mol. The first-order valence-electron chi connectivity index (χ1n) is 5.59. The Hall–Kier alpha value is -2.10. The molecule has 0 unspecified atom stereocenters. The standard InChI is InChI=1S/C13H11NO3/c15-12-10-7-4-8-11(10)17-13(14-12)16-9-5-2-1-3-6-9/h1-3,5-6H,4,7-8H2. The number of ether oxygens (including phenoxy) is 1. The van der Waals surface area contributed by atoms with E-state index in [-0.39, 0.29) is 11.6 Å². The number of fused-ring (bicyclic) bond motifs is 1. The Bertz CT molecular complexity index is 589. The molecule has 1 aromatic carbocycles. The molecule has 17 heavy (non-hydrogen) atoms. The van der Waals surface area contributed by atoms with Crippen molar-refractivity contribution in [3.63, 3.8) is 0 Å². The molecule has 0 atom stereocenters. The lowest BCUT2D eigenvalue weighted by Crippen LogP contribution is -2.12. The average molecular weight is 229 g/mol. The Morgan fingerprint density at radius 3 is 2.82 bits per heavy atom. The van der Waals surface area contributed by atoms with Gasteiger partial charge in [0.25, 0.3) is 5.56 Å². The molecule has 0 N–H and O–H groups in total. The van der Waals surface area contributed by atoms with Crippen molar-refractivity contribution >= 4 is 0 Å². The SMILES string of the molecule is O=c1nc(Oc2ccccc2)oc2c1CCC2. The van der Waals surface area contributed by atoms with E-state index in [2.05, 4.69) is 4.98 Å². The predicted octanol–water partition coefficient (Wildman–Crippen LogP) is 2.32. The lowest BCUT2D eigenvalue weighted by molar-refractivity contribution is 0.299. The fourth-order valence-electron chi connectivity index (χ4n) is 1.97. The molecule has 4 nitrogen and oxygen atoms in total. The largest absolute Gasteiger partial charge is 0.415 e. The second-order valence-electron chi connectivity index (χ2n) is 3.96. The quantitative estimate of drug-likeness (QED) is 0.793. The third-order valence-electron chi connectivity index (χ3n) is 2.78. The number of para-hydroxylation sites is 1. The predicted molar refractivity (Wildman–Crippen MR) is 61.3 cm³/mol. The molecule has 1 aliphatic carbocycles. The molecule has 4 heteroatoms. The van der Waals surface area contributed by atoms with E-state index in [1.807, 2.05) is 18.2 Å². The number of nitrogens with zero attached hydrogens (tertiary/aromatic N) is 1. The molecule has 1 aliphatic rings. The first-order chi connectivity index (χ1) is 8.33. The van der Waals surface area contributed by atoms with Gasteiger partial charge in [-0.05, 0) is 25.0 Å². The van der Waals surface area contributed by atoms with Crippen molar-refractivity contribution in [2.75, 3.05) is 0 Å². The van der Waals surface area contributed by atoms with Crippen LogP contribution in [0.1, 0.15) is 17.7 Å². The summed E-state index contributed by atoms with van der Waals surface area (Å²) in [4.78, 5) is 15.5. The Balaban J connectivity index is 1.95. The van der Waals surface area contributed by atoms with Crippen LogP contribution in [0.25, 0.3) is 0 Å². The molecule has 0 amide bonds. The zero-order chi connectivity index (χ0) is 11.7. The molecule has 0 aliphatic heterocycles. The third-order valence-corrected chi connectivity index (χ3v) is 2.78. The maximum atomic E-state index is 11.7. The van der Waals surface area contributed by atoms with Gasteiger partial charge in [-0.25, -0.2) is 0 Å². The van der Waals surface area contributed by atoms with Crippen LogP contribution in [0.15, 0.2) is 39.5 Å². The summed E-state index contributed by atoms with van der Waals surface area (Å²) in [6.07, 6.45) is 2.53. The van der Waals surface area contributed by atoms with Crippen LogP contribution in [0, 0.1) is 0 Å². The first-order valence-corrected chi connectivity index (χ1v) is 5.59. The summed E-state index contributed by atoms with van der Waals surface area (Å²) >= 11 is 0. The minimum Gasteiger partial charge on any atom is -0.415 e. The Morgan fingerprint density at radius 1 is 1.18 bits per heavy atom. The minimum absolute atomic E-state index is 0.0295. The van der Waals surface area contributed by atoms with Gasteiger partial charge in [-0.1, -0.05) is 18.2 Å². The second-order valence-corrected chi connectivity index (χ2v) is 3.96. The minimum atomic E-state index is -0.227. The van der Waals surface area contributed by atoms with E-state index in [1.54, 1.807) is 12.1 Å². The van der Waals surface area contributed by atoms with Gasteiger partial charge in [0.2, 0.25) is 0 Å². The number of aromatic nitrogens is 1. The monoisotopic (exact) mass is 229 g/mol. The van der Waals surface area contributed by atoms with Crippen molar-refractivity contribution in [3.8, 4) is 11.8 Å². The molecule has 86 valence electrons. The van der Waals surface area contributed by atoms with E-state index in [4.69, 9.17) is 9.15 Å². The first kappa shape index (κ1) is 10.1. The van der Waals surface area contributed by atoms with Gasteiger partial charge in [-0.15, -0.1) is 4.98 Å². The number of hydrogen-bond donors (Lipinski definition) is 0. The van der Waals surface area contributed by atoms with Gasteiger partial charge in [-0.2, -0.15) is 0 Å². The molecule has 3 rings (SSSR count). The number of aryl methyl sites for hydroxylation is 1. The molecular formula is C13H11NO3. The van der Waals surface area contributed by atoms with E-state index in [1.165, 1.54) is 0 Å². The Morgan fingerprint density at radius 2 is 2.00 bits per heavy atom. The van der Waals surface area contributed by atoms with Gasteiger partial charge in [0, 0.05) is 6.42 Å². The highest BCUT2D eigenvalue weighted by molar-refractivity contribution is 5.25. The van der Waals surface area contributed by atoms with E-state index < -0.39 is 0 Å². The van der Waals surface area contributed by atoms with E-state index >= 15 is 0 Å². The van der Waals surface area contributed by atoms with Crippen LogP contribution in [0.2, 0.25) is 0 Å². The summed E-state index contributed by atoms with van der Waals surface area (Å²) in [7, 11) is 0. The average Bonchev–Trinajstić information content (AvgIpc) is 2.79. The summed E-state index contributed by atoms with van der Waals surface area (Å²) in [5.41, 5.74) is 0.472. The van der Waals surface area contributed by atoms with Crippen LogP contribution in [-0.4, -0.2) is 4.98 Å². The van der Waals surface area contributed by atoms with Crippen LogP contribution in [-0.2, 0) is 12.8 Å². The van der Waals surface area contributed by atoms with E-state index in [0.29, 0.717) is 11.3 Å². The number of rotatable bonds is 2. The van der Waals surface area contributed by atoms with Gasteiger partial charge in [0.05, 0.1) is 5.56 Å². The van der Waals surface area contributed by atoms with Gasteiger partial charge in [-0.3, -0.25) is 4.79 Å². The van der Waals surface area contributed by atoms with Crippen molar-refractivity contribution in [2.45, 2.75) is 19.3 Å². The summed E-state index contributed by atoms with van der Waals surface area (Å²) in [5.74, 6) is 1.33. The number of hydrogen-bond acceptors (Lipinski definition) is 4. The van der Waals surface area contributed by atoms with Crippen LogP contribution in [0.3, 0.4) is 0 Å². The molecule has 2 aromatic rings. The molecule has 0 bridgehead atoms. The highest BCUT2D eigenvalue weighted by Crippen LogP contribution is 2.24. The van der Waals surface area contributed by atoms with Gasteiger partial charge in [0.1, 0.15) is 11.5 Å². The topological polar surface area (TPSA) is 52.3 Å². The van der Waals surface area contributed by atoms with Crippen LogP contribution in [0.5, 0.6) is 11.8 Å². The molecule has 0 saturated heterocycles. The summed E-state index contributed by atoms with van der Waals surface area (Å²) in [5, 5.41) is 0. The van der Waals surface area contributed by atoms with Crippen LogP contribution in [0.4, 0.5) is 0 Å². The lowest BCUT2D eigenvalue weighted by Gasteiger charge is -2.04. The summed E-state index contributed by atoms with van der Waals surface area (Å²) in [6.45, 7) is 0. The molecule has 0 spiro atoms. The Kier molecular flexibility index (Phi) is 2.40. The maximum absolute atomic E-state index is 11.7. The lowest BCUT2D eigenvalue weighted by atomic mass is 10.3. The highest BCUT2D eigenvalue weighted by Gasteiger charge is 2.19. The molecule has 1 aromatic heterocycles. The normalized spacial score (nSPS) is 13.4. The van der Waals surface area contributed by atoms with Crippen molar-refractivity contribution in [2.24, 2.45) is 0 Å². The molecule has 0 fully saturated rings. The van der Waals surface area contributed by atoms with Crippen molar-refractivity contribution < 1.29 is 9.15 Å². The van der Waals surface area contributed by atoms with Gasteiger partial charge in [0.15, 0.2) is 0 Å². The summed E-state index contributed by atoms with van der Waals surface area (Å²) < 4.78 is 10.9. The van der Waals surface area contributed by atoms with E-state index in [0.717, 1.165) is 25.0 Å². The third kappa shape index (κ3) is 1.93. The maximum Gasteiger partial charge on any atom is 0.402 e. The fraction of sp³-hybridized carbons (Fsp3) is 0.231. The van der Waals surface area contributed by atoms with Gasteiger partial charge >= 0.3 is 6.08 Å². The van der Waals surface area contributed by atoms with Gasteiger partial charge < -0.3 is 9.15 Å².